The van der Waals surface area contributed by atoms with E-state index in [0.29, 0.717) is 0 Å². The van der Waals surface area contributed by atoms with Gasteiger partial charge in [0.25, 0.3) is 0 Å². The van der Waals surface area contributed by atoms with Crippen molar-refractivity contribution in [2.24, 2.45) is 17.3 Å². The number of rotatable bonds is 2. The number of hydrogen-bond acceptors (Lipinski definition) is 5. The van der Waals surface area contributed by atoms with Crippen LogP contribution in [0.25, 0.3) is 0 Å². The number of carbonyl (C=O) groups is 3. The third kappa shape index (κ3) is 1.38. The summed E-state index contributed by atoms with van der Waals surface area (Å²) in [5.74, 6) is -4.97. The van der Waals surface area contributed by atoms with Crippen LogP contribution >= 0.6 is 0 Å². The lowest BCUT2D eigenvalue weighted by Crippen LogP contribution is -2.62. The average molecular weight is 298 g/mol. The van der Waals surface area contributed by atoms with E-state index in [0.717, 1.165) is 0 Å². The molecule has 0 heterocycles. The molecule has 0 amide bonds. The van der Waals surface area contributed by atoms with Crippen molar-refractivity contribution in [1.29, 1.82) is 0 Å². The summed E-state index contributed by atoms with van der Waals surface area (Å²) >= 11 is 0. The zero-order valence-corrected chi connectivity index (χ0v) is 11.4. The fourth-order valence-corrected chi connectivity index (χ4v) is 5.12. The monoisotopic (exact) mass is 298 g/mol. The number of aliphatic hydroxyl groups is 2. The van der Waals surface area contributed by atoms with Gasteiger partial charge in [0.05, 0.1) is 17.3 Å². The van der Waals surface area contributed by atoms with Crippen molar-refractivity contribution in [2.45, 2.75) is 49.7 Å². The number of carboxylic acids is 2. The molecule has 3 saturated carbocycles. The van der Waals surface area contributed by atoms with Crippen LogP contribution < -0.4 is 0 Å². The second-order valence-corrected chi connectivity index (χ2v) is 6.54. The second-order valence-electron chi connectivity index (χ2n) is 6.54. The first kappa shape index (κ1) is 14.5. The van der Waals surface area contributed by atoms with Gasteiger partial charge in [-0.2, -0.15) is 0 Å². The maximum absolute atomic E-state index is 12.4. The predicted molar refractivity (Wildman–Crippen MR) is 67.3 cm³/mol. The molecule has 0 aromatic heterocycles. The van der Waals surface area contributed by atoms with Crippen LogP contribution in [0.4, 0.5) is 0 Å². The molecule has 3 aliphatic carbocycles. The molecule has 1 spiro atoms. The minimum absolute atomic E-state index is 0.0274. The van der Waals surface area contributed by atoms with Crippen molar-refractivity contribution in [3.05, 3.63) is 0 Å². The molecular weight excluding hydrogens is 280 g/mol. The normalized spacial score (nSPS) is 48.8. The third-order valence-corrected chi connectivity index (χ3v) is 6.07. The van der Waals surface area contributed by atoms with E-state index >= 15 is 0 Å². The van der Waals surface area contributed by atoms with Crippen LogP contribution in [0.2, 0.25) is 0 Å². The molecule has 7 nitrogen and oxygen atoms in total. The molecule has 3 fully saturated rings. The number of hydrogen-bond donors (Lipinski definition) is 4. The van der Waals surface area contributed by atoms with Crippen LogP contribution in [0.5, 0.6) is 0 Å². The maximum atomic E-state index is 12.4. The number of carbonyl (C=O) groups excluding carboxylic acids is 1. The first-order chi connectivity index (χ1) is 9.70. The minimum Gasteiger partial charge on any atom is -0.481 e. The molecule has 0 aliphatic heterocycles. The van der Waals surface area contributed by atoms with Gasteiger partial charge >= 0.3 is 11.9 Å². The Morgan fingerprint density at radius 1 is 0.952 bits per heavy atom. The highest BCUT2D eigenvalue weighted by Gasteiger charge is 2.79. The lowest BCUT2D eigenvalue weighted by Gasteiger charge is -2.44. The third-order valence-electron chi connectivity index (χ3n) is 6.07. The van der Waals surface area contributed by atoms with E-state index in [4.69, 9.17) is 0 Å². The van der Waals surface area contributed by atoms with Crippen LogP contribution in [-0.2, 0) is 14.4 Å². The molecule has 4 N–H and O–H groups in total. The molecular formula is C14H18O7. The predicted octanol–water partition coefficient (Wildman–Crippen LogP) is -0.213. The first-order valence-corrected chi connectivity index (χ1v) is 7.14. The lowest BCUT2D eigenvalue weighted by atomic mass is 9.63. The summed E-state index contributed by atoms with van der Waals surface area (Å²) in [6, 6.07) is 0. The number of carboxylic acid groups (broad SMARTS) is 2. The van der Waals surface area contributed by atoms with Crippen LogP contribution in [0, 0.1) is 17.3 Å². The quantitative estimate of drug-likeness (QED) is 0.554. The van der Waals surface area contributed by atoms with Crippen molar-refractivity contribution in [3.63, 3.8) is 0 Å². The summed E-state index contributed by atoms with van der Waals surface area (Å²) in [6.07, 6.45) is 0.132. The van der Waals surface area contributed by atoms with E-state index in [1.54, 1.807) is 0 Å². The van der Waals surface area contributed by atoms with Crippen molar-refractivity contribution in [1.82, 2.24) is 0 Å². The lowest BCUT2D eigenvalue weighted by molar-refractivity contribution is -0.196. The Kier molecular flexibility index (Phi) is 2.79. The Labute approximate surface area is 120 Å². The number of fused-ring (bicyclic) bond motifs is 2. The highest BCUT2D eigenvalue weighted by Crippen LogP contribution is 2.67. The van der Waals surface area contributed by atoms with Gasteiger partial charge in [0.1, 0.15) is 17.0 Å². The van der Waals surface area contributed by atoms with Gasteiger partial charge in [0, 0.05) is 6.42 Å². The molecule has 0 radical (unpaired) electrons. The molecule has 0 bridgehead atoms. The van der Waals surface area contributed by atoms with Crippen LogP contribution in [-0.4, -0.2) is 49.4 Å². The van der Waals surface area contributed by atoms with Crippen LogP contribution in [0.15, 0.2) is 0 Å². The van der Waals surface area contributed by atoms with E-state index in [1.807, 2.05) is 0 Å². The zero-order chi connectivity index (χ0) is 15.6. The largest absolute Gasteiger partial charge is 0.481 e. The summed E-state index contributed by atoms with van der Waals surface area (Å²) in [5.41, 5.74) is -5.43. The Morgan fingerprint density at radius 3 is 2.14 bits per heavy atom. The van der Waals surface area contributed by atoms with Gasteiger partial charge in [-0.15, -0.1) is 0 Å². The van der Waals surface area contributed by atoms with Gasteiger partial charge < -0.3 is 20.4 Å². The zero-order valence-electron chi connectivity index (χ0n) is 11.4. The minimum atomic E-state index is -1.96. The Hall–Kier alpha value is -1.47. The molecule has 7 heteroatoms. The highest BCUT2D eigenvalue weighted by molar-refractivity contribution is 5.95. The fourth-order valence-electron chi connectivity index (χ4n) is 5.12. The van der Waals surface area contributed by atoms with E-state index in [9.17, 15) is 34.8 Å². The van der Waals surface area contributed by atoms with Gasteiger partial charge in [-0.3, -0.25) is 14.4 Å². The summed E-state index contributed by atoms with van der Waals surface area (Å²) in [7, 11) is 0. The van der Waals surface area contributed by atoms with Crippen molar-refractivity contribution >= 4 is 17.7 Å². The second kappa shape index (κ2) is 4.04. The molecule has 21 heavy (non-hydrogen) atoms. The highest BCUT2D eigenvalue weighted by atomic mass is 16.4. The van der Waals surface area contributed by atoms with Crippen LogP contribution in [0.1, 0.15) is 38.5 Å². The Bertz CT molecular complexity index is 543. The molecule has 3 aliphatic rings. The van der Waals surface area contributed by atoms with E-state index in [-0.39, 0.29) is 44.3 Å². The van der Waals surface area contributed by atoms with Gasteiger partial charge in [-0.1, -0.05) is 0 Å². The molecule has 116 valence electrons. The maximum Gasteiger partial charge on any atom is 0.309 e. The van der Waals surface area contributed by atoms with Gasteiger partial charge in [0.2, 0.25) is 0 Å². The molecule has 5 atom stereocenters. The molecule has 0 unspecified atom stereocenters. The fraction of sp³-hybridized carbons (Fsp3) is 0.786. The summed E-state index contributed by atoms with van der Waals surface area (Å²) in [6.45, 7) is 0. The topological polar surface area (TPSA) is 132 Å². The SMILES string of the molecule is O=C(O)[C@@H]1CC[C@@]2(O)[C@]1(O)CC[C@]21C(=O)CC[C@H]1C(=O)O. The molecule has 0 aromatic carbocycles. The van der Waals surface area contributed by atoms with E-state index in [2.05, 4.69) is 0 Å². The smallest absolute Gasteiger partial charge is 0.309 e. The van der Waals surface area contributed by atoms with Gasteiger partial charge in [-0.05, 0) is 32.1 Å². The molecule has 3 rings (SSSR count). The van der Waals surface area contributed by atoms with Crippen molar-refractivity contribution in [3.8, 4) is 0 Å². The summed E-state index contributed by atoms with van der Waals surface area (Å²) < 4.78 is 0. The van der Waals surface area contributed by atoms with Gasteiger partial charge in [0.15, 0.2) is 0 Å². The van der Waals surface area contributed by atoms with Crippen molar-refractivity contribution < 1.29 is 34.8 Å². The van der Waals surface area contributed by atoms with Crippen LogP contribution in [0.3, 0.4) is 0 Å². The first-order valence-electron chi connectivity index (χ1n) is 7.14. The Morgan fingerprint density at radius 2 is 1.57 bits per heavy atom. The van der Waals surface area contributed by atoms with Crippen molar-refractivity contribution in [2.75, 3.05) is 0 Å². The molecule has 0 aromatic rings. The average Bonchev–Trinajstić information content (AvgIpc) is 2.93. The van der Waals surface area contributed by atoms with E-state index in [1.165, 1.54) is 0 Å². The standard InChI is InChI=1S/C14H18O7/c15-9-2-1-7(10(16)17)12(9)5-6-13(20)8(11(18)19)3-4-14(12,13)21/h7-8,20-21H,1-6H2,(H,16,17)(H,18,19)/t7-,8-,12-,13-,14-/m0/s1. The number of Topliss-reactive ketones (excluding diaryl/α,β-unsaturated/α-hetero) is 1. The Balaban J connectivity index is 2.13. The number of ketones is 1. The van der Waals surface area contributed by atoms with Gasteiger partial charge in [-0.25, -0.2) is 0 Å². The van der Waals surface area contributed by atoms with E-state index < -0.39 is 40.4 Å². The summed E-state index contributed by atoms with van der Waals surface area (Å²) in [5, 5.41) is 40.5. The number of aliphatic carboxylic acids is 2. The summed E-state index contributed by atoms with van der Waals surface area (Å²) in [4.78, 5) is 35.2. The molecule has 0 saturated heterocycles.